The number of carbonyl (C=O) groups is 4. The Labute approximate surface area is 500 Å². The van der Waals surface area contributed by atoms with Crippen LogP contribution in [0.4, 0.5) is 11.4 Å². The molecule has 11 aromatic rings. The Hall–Kier alpha value is -9.80. The number of imide groups is 2. The molecule has 0 fully saturated rings. The van der Waals surface area contributed by atoms with E-state index in [0.29, 0.717) is 77.5 Å². The molecule has 0 saturated carbocycles. The minimum absolute atomic E-state index is 0.0639. The van der Waals surface area contributed by atoms with Crippen LogP contribution in [0.3, 0.4) is 0 Å². The van der Waals surface area contributed by atoms with Crippen molar-refractivity contribution in [2.45, 2.75) is 107 Å². The third-order valence-electron chi connectivity index (χ3n) is 17.3. The van der Waals surface area contributed by atoms with Crippen molar-refractivity contribution in [2.24, 2.45) is 0 Å². The average Bonchev–Trinajstić information content (AvgIpc) is 0.716. The second-order valence-electron chi connectivity index (χ2n) is 24.2. The highest BCUT2D eigenvalue weighted by atomic mass is 16.5. The summed E-state index contributed by atoms with van der Waals surface area (Å²) in [6, 6.07) is 49.6. The van der Waals surface area contributed by atoms with Gasteiger partial charge in [-0.1, -0.05) is 165 Å². The molecular weight excluding hydrogens is 1070 g/mol. The maximum Gasteiger partial charge on any atom is 0.266 e. The largest absolute Gasteiger partial charge is 0.456 e. The Morgan fingerprint density at radius 1 is 0.267 bits per heavy atom. The molecule has 0 N–H and O–H groups in total. The second-order valence-corrected chi connectivity index (χ2v) is 24.2. The van der Waals surface area contributed by atoms with Crippen LogP contribution in [0.5, 0.6) is 46.0 Å². The molecule has 0 aromatic heterocycles. The number of carbonyl (C=O) groups excluding carboxylic acids is 4. The summed E-state index contributed by atoms with van der Waals surface area (Å²) in [7, 11) is 0. The predicted octanol–water partition coefficient (Wildman–Crippen LogP) is 20.2. The molecule has 0 radical (unpaired) electrons. The van der Waals surface area contributed by atoms with Gasteiger partial charge in [-0.2, -0.15) is 0 Å². The first kappa shape index (κ1) is 55.4. The Morgan fingerprint density at radius 2 is 0.488 bits per heavy atom. The van der Waals surface area contributed by atoms with Crippen LogP contribution in [0, 0.1) is 27.7 Å². The summed E-state index contributed by atoms with van der Waals surface area (Å²) < 4.78 is 29.3. The molecule has 11 aromatic carbocycles. The monoisotopic (exact) mass is 1130 g/mol. The van der Waals surface area contributed by atoms with E-state index in [1.807, 2.05) is 161 Å². The lowest BCUT2D eigenvalue weighted by molar-refractivity contribution is 0.0877. The van der Waals surface area contributed by atoms with Crippen molar-refractivity contribution in [3.8, 4) is 46.0 Å². The van der Waals surface area contributed by atoms with Gasteiger partial charge in [-0.05, 0) is 144 Å². The quantitative estimate of drug-likeness (QED) is 0.0601. The van der Waals surface area contributed by atoms with Crippen LogP contribution in [-0.2, 0) is 0 Å². The van der Waals surface area contributed by atoms with Crippen molar-refractivity contribution >= 4 is 78.1 Å². The fourth-order valence-corrected chi connectivity index (χ4v) is 12.9. The molecular formula is C76H66N2O8. The smallest absolute Gasteiger partial charge is 0.266 e. The highest BCUT2D eigenvalue weighted by molar-refractivity contribution is 6.48. The number of hydrogen-bond donors (Lipinski definition) is 0. The molecule has 0 atom stereocenters. The minimum atomic E-state index is -0.528. The van der Waals surface area contributed by atoms with Crippen LogP contribution in [-0.4, -0.2) is 23.6 Å². The van der Waals surface area contributed by atoms with Gasteiger partial charge < -0.3 is 18.9 Å². The van der Waals surface area contributed by atoms with Gasteiger partial charge in [-0.25, -0.2) is 9.80 Å². The molecule has 10 heteroatoms. The first-order chi connectivity index (χ1) is 41.3. The SMILES string of the molecule is Cc1ccccc1Oc1cc2c3c(cc(Oc4ccccc4C)c4c5c(Oc6ccccc6C)cc6c7c(cc(Oc8ccccc8C)c(c1c34)c75)C(=O)N(c1c(C(C)C)cccc1C(C)C)C6=O)C(=O)N(c1c(C(C)C)cccc1C(C)C)C2=O. The molecule has 86 heavy (non-hydrogen) atoms. The van der Waals surface area contributed by atoms with Gasteiger partial charge in [0.25, 0.3) is 23.6 Å². The molecule has 4 amide bonds. The standard InChI is InChI=1S/C76H66N2O8/c1-39(2)47-27-21-28-48(40(3)4)71(47)77-73(79)51-35-59(83-55-31-17-13-23-43(55)9)65-67-61(85-57-33-19-15-25-45(57)11)37-53-64-54(76(82)78(75(53)81)72-49(41(5)6)29-22-30-50(72)42(7)8)38-62(86-58-34-20-16-26-46(58)12)68(70(64)67)66-60(84-56-32-18-14-24-44(56)10)36-52(74(77)80)63(51)69(65)66/h13-42H,1-12H3. The lowest BCUT2D eigenvalue weighted by Crippen LogP contribution is -2.42. The first-order valence-electron chi connectivity index (χ1n) is 29.7. The molecule has 10 nitrogen and oxygen atoms in total. The summed E-state index contributed by atoms with van der Waals surface area (Å²) in [5, 5.41) is 3.47. The fourth-order valence-electron chi connectivity index (χ4n) is 12.9. The third kappa shape index (κ3) is 8.67. The van der Waals surface area contributed by atoms with Crippen molar-refractivity contribution in [1.29, 1.82) is 0 Å². The molecule has 428 valence electrons. The van der Waals surface area contributed by atoms with Gasteiger partial charge in [-0.15, -0.1) is 0 Å². The number of benzene rings is 11. The molecule has 0 spiro atoms. The number of para-hydroxylation sites is 6. The number of fused-ring (bicyclic) bond motifs is 2. The number of amides is 4. The zero-order valence-electron chi connectivity index (χ0n) is 50.5. The number of rotatable bonds is 14. The predicted molar refractivity (Wildman–Crippen MR) is 344 cm³/mol. The third-order valence-corrected chi connectivity index (χ3v) is 17.3. The van der Waals surface area contributed by atoms with Crippen molar-refractivity contribution in [3.63, 3.8) is 0 Å². The zero-order valence-corrected chi connectivity index (χ0v) is 50.5. The molecule has 2 aliphatic rings. The molecule has 0 bridgehead atoms. The van der Waals surface area contributed by atoms with Crippen molar-refractivity contribution in [1.82, 2.24) is 0 Å². The minimum Gasteiger partial charge on any atom is -0.456 e. The number of nitrogens with zero attached hydrogens (tertiary/aromatic N) is 2. The summed E-state index contributed by atoms with van der Waals surface area (Å²) in [6.07, 6.45) is 0. The summed E-state index contributed by atoms with van der Waals surface area (Å²) in [5.41, 5.74) is 8.64. The Morgan fingerprint density at radius 3 is 0.698 bits per heavy atom. The van der Waals surface area contributed by atoms with Crippen LogP contribution in [0.1, 0.15) is 165 Å². The highest BCUT2D eigenvalue weighted by Gasteiger charge is 2.44. The Balaban J connectivity index is 1.28. The first-order valence-corrected chi connectivity index (χ1v) is 29.7. The zero-order chi connectivity index (χ0) is 60.3. The van der Waals surface area contributed by atoms with E-state index in [1.165, 1.54) is 9.80 Å². The summed E-state index contributed by atoms with van der Waals surface area (Å²) in [4.78, 5) is 67.9. The van der Waals surface area contributed by atoms with Gasteiger partial charge in [0.1, 0.15) is 46.0 Å². The van der Waals surface area contributed by atoms with Crippen LogP contribution in [0.25, 0.3) is 43.1 Å². The number of ether oxygens (including phenoxy) is 4. The van der Waals surface area contributed by atoms with Gasteiger partial charge in [0, 0.05) is 43.1 Å². The number of aryl methyl sites for hydroxylation is 4. The molecule has 2 aliphatic heterocycles. The highest BCUT2D eigenvalue weighted by Crippen LogP contribution is 2.59. The van der Waals surface area contributed by atoms with Crippen LogP contribution >= 0.6 is 0 Å². The van der Waals surface area contributed by atoms with E-state index in [-0.39, 0.29) is 68.9 Å². The van der Waals surface area contributed by atoms with E-state index in [9.17, 15) is 0 Å². The maximum atomic E-state index is 16.3. The van der Waals surface area contributed by atoms with Gasteiger partial charge in [0.05, 0.1) is 33.6 Å². The second kappa shape index (κ2) is 21.1. The van der Waals surface area contributed by atoms with E-state index >= 15 is 19.2 Å². The lowest BCUT2D eigenvalue weighted by Gasteiger charge is -2.35. The normalized spacial score (nSPS) is 13.3. The van der Waals surface area contributed by atoms with Gasteiger partial charge in [-0.3, -0.25) is 19.2 Å². The number of hydrogen-bond acceptors (Lipinski definition) is 8. The van der Waals surface area contributed by atoms with E-state index in [0.717, 1.165) is 44.5 Å². The Bertz CT molecular complexity index is 4130. The van der Waals surface area contributed by atoms with E-state index in [1.54, 1.807) is 24.3 Å². The van der Waals surface area contributed by atoms with Crippen LogP contribution < -0.4 is 28.7 Å². The summed E-state index contributed by atoms with van der Waals surface area (Å²) in [5.74, 6) is 0.717. The van der Waals surface area contributed by atoms with Gasteiger partial charge >= 0.3 is 0 Å². The van der Waals surface area contributed by atoms with E-state index in [4.69, 9.17) is 18.9 Å². The molecule has 0 unspecified atom stereocenters. The van der Waals surface area contributed by atoms with Crippen molar-refractivity contribution < 1.29 is 38.1 Å². The van der Waals surface area contributed by atoms with E-state index < -0.39 is 23.6 Å². The molecule has 0 aliphatic carbocycles. The molecule has 13 rings (SSSR count). The van der Waals surface area contributed by atoms with Gasteiger partial charge in [0.15, 0.2) is 0 Å². The summed E-state index contributed by atoms with van der Waals surface area (Å²) >= 11 is 0. The van der Waals surface area contributed by atoms with Crippen LogP contribution in [0.2, 0.25) is 0 Å². The Kier molecular flexibility index (Phi) is 13.6. The van der Waals surface area contributed by atoms with E-state index in [2.05, 4.69) is 55.4 Å². The van der Waals surface area contributed by atoms with Crippen molar-refractivity contribution in [2.75, 3.05) is 9.80 Å². The van der Waals surface area contributed by atoms with Crippen molar-refractivity contribution in [3.05, 3.63) is 224 Å². The van der Waals surface area contributed by atoms with Gasteiger partial charge in [0.2, 0.25) is 0 Å². The summed E-state index contributed by atoms with van der Waals surface area (Å²) in [6.45, 7) is 24.4. The maximum absolute atomic E-state index is 16.3. The van der Waals surface area contributed by atoms with Crippen LogP contribution in [0.15, 0.2) is 158 Å². The molecule has 0 saturated heterocycles. The fraction of sp³-hybridized carbons (Fsp3) is 0.211. The topological polar surface area (TPSA) is 112 Å². The molecule has 2 heterocycles. The number of anilines is 2. The lowest BCUT2D eigenvalue weighted by atomic mass is 9.80. The average molecular weight is 1140 g/mol.